The fourth-order valence-corrected chi connectivity index (χ4v) is 5.73. The summed E-state index contributed by atoms with van der Waals surface area (Å²) in [6.45, 7) is 2.73. The van der Waals surface area contributed by atoms with E-state index in [2.05, 4.69) is 21.2 Å². The van der Waals surface area contributed by atoms with Crippen molar-refractivity contribution in [2.45, 2.75) is 43.8 Å². The van der Waals surface area contributed by atoms with Crippen molar-refractivity contribution in [3.8, 4) is 11.8 Å². The zero-order valence-electron chi connectivity index (χ0n) is 22.0. The van der Waals surface area contributed by atoms with E-state index in [9.17, 15) is 23.2 Å². The number of rotatable bonds is 6. The molecule has 208 valence electrons. The predicted octanol–water partition coefficient (Wildman–Crippen LogP) is 3.61. The van der Waals surface area contributed by atoms with Gasteiger partial charge in [0.25, 0.3) is 0 Å². The molecule has 12 heteroatoms. The number of ether oxygens (including phenoxy) is 1. The van der Waals surface area contributed by atoms with Gasteiger partial charge in [0.15, 0.2) is 0 Å². The molecule has 1 aromatic carbocycles. The quantitative estimate of drug-likeness (QED) is 0.364. The Labute approximate surface area is 228 Å². The Balaban J connectivity index is 1.46. The molecule has 0 N–H and O–H groups in total. The fourth-order valence-electron chi connectivity index (χ4n) is 5.73. The number of aromatic nitrogens is 5. The maximum absolute atomic E-state index is 14.2. The number of hydrogen-bond acceptors (Lipinski definition) is 6. The summed E-state index contributed by atoms with van der Waals surface area (Å²) in [5.41, 5.74) is -0.441. The molecule has 2 aliphatic heterocycles. The lowest BCUT2D eigenvalue weighted by molar-refractivity contribution is -0.136. The number of hydrogen-bond donors (Lipinski definition) is 0. The Morgan fingerprint density at radius 1 is 1.10 bits per heavy atom. The molecule has 2 saturated heterocycles. The van der Waals surface area contributed by atoms with Gasteiger partial charge in [-0.1, -0.05) is 6.42 Å². The highest BCUT2D eigenvalue weighted by molar-refractivity contribution is 5.59. The van der Waals surface area contributed by atoms with Crippen molar-refractivity contribution in [3.63, 3.8) is 0 Å². The summed E-state index contributed by atoms with van der Waals surface area (Å²) >= 11 is 0. The molecule has 9 nitrogen and oxygen atoms in total. The monoisotopic (exact) mass is 551 g/mol. The van der Waals surface area contributed by atoms with Crippen molar-refractivity contribution in [3.05, 3.63) is 81.5 Å². The highest BCUT2D eigenvalue weighted by Crippen LogP contribution is 2.38. The number of benzene rings is 1. The van der Waals surface area contributed by atoms with E-state index in [4.69, 9.17) is 4.74 Å². The Morgan fingerprint density at radius 3 is 2.50 bits per heavy atom. The van der Waals surface area contributed by atoms with Crippen LogP contribution in [0.1, 0.15) is 47.3 Å². The first-order chi connectivity index (χ1) is 19.2. The van der Waals surface area contributed by atoms with E-state index in [-0.39, 0.29) is 5.52 Å². The number of imidazole rings is 1. The first kappa shape index (κ1) is 26.3. The first-order valence-corrected chi connectivity index (χ1v) is 13.2. The second kappa shape index (κ2) is 9.91. The van der Waals surface area contributed by atoms with E-state index in [1.54, 1.807) is 23.0 Å². The number of fused-ring (bicyclic) bond motifs is 1. The normalized spacial score (nSPS) is 17.6. The van der Waals surface area contributed by atoms with Crippen LogP contribution < -0.4 is 5.69 Å². The summed E-state index contributed by atoms with van der Waals surface area (Å²) < 4.78 is 52.3. The largest absolute Gasteiger partial charge is 0.418 e. The van der Waals surface area contributed by atoms with Gasteiger partial charge in [0.1, 0.15) is 12.2 Å². The number of alkyl halides is 3. The average Bonchev–Trinajstić information content (AvgIpc) is 3.47. The molecular formula is C28H28F3N7O2. The molecular weight excluding hydrogens is 523 g/mol. The van der Waals surface area contributed by atoms with E-state index in [0.29, 0.717) is 43.0 Å². The molecule has 40 heavy (non-hydrogen) atoms. The molecule has 4 aromatic rings. The first-order valence-electron chi connectivity index (χ1n) is 13.2. The molecule has 6 rings (SSSR count). The smallest absolute Gasteiger partial charge is 0.379 e. The van der Waals surface area contributed by atoms with Crippen molar-refractivity contribution in [1.29, 1.82) is 5.26 Å². The van der Waals surface area contributed by atoms with Gasteiger partial charge in [0.05, 0.1) is 41.6 Å². The number of pyridine rings is 1. The predicted molar refractivity (Wildman–Crippen MR) is 139 cm³/mol. The van der Waals surface area contributed by atoms with E-state index in [1.165, 1.54) is 23.0 Å². The van der Waals surface area contributed by atoms with Gasteiger partial charge >= 0.3 is 11.9 Å². The van der Waals surface area contributed by atoms with Gasteiger partial charge in [-0.25, -0.2) is 4.79 Å². The van der Waals surface area contributed by atoms with Crippen LogP contribution in [0.2, 0.25) is 0 Å². The zero-order valence-corrected chi connectivity index (χ0v) is 22.0. The third-order valence-corrected chi connectivity index (χ3v) is 7.98. The van der Waals surface area contributed by atoms with Crippen LogP contribution in [0.3, 0.4) is 0 Å². The van der Waals surface area contributed by atoms with Crippen LogP contribution in [0, 0.1) is 11.3 Å². The van der Waals surface area contributed by atoms with Gasteiger partial charge in [-0.3, -0.25) is 13.9 Å². The number of piperidine rings is 1. The lowest BCUT2D eigenvalue weighted by Gasteiger charge is -2.42. The summed E-state index contributed by atoms with van der Waals surface area (Å²) in [4.78, 5) is 15.7. The summed E-state index contributed by atoms with van der Waals surface area (Å²) in [5, 5.41) is 17.9. The third-order valence-electron chi connectivity index (χ3n) is 7.98. The molecule has 5 heterocycles. The van der Waals surface area contributed by atoms with E-state index >= 15 is 0 Å². The van der Waals surface area contributed by atoms with Gasteiger partial charge in [0, 0.05) is 37.8 Å². The minimum atomic E-state index is -4.65. The Hall–Kier alpha value is -3.95. The standard InChI is InChI=1S/C28H28F3N7O2/c1-35-18-33-34-25(35)11-27(16-40-17-27)21-7-19(12-32)8-22(10-21)37-15-24-23(28(29,30)31)9-20(14-38(24)26(37)39)13-36-5-3-2-4-6-36/h7-10,14-15,18H,2-6,11,13,16-17H2,1H3. The average molecular weight is 552 g/mol. The number of halogens is 3. The minimum Gasteiger partial charge on any atom is -0.379 e. The van der Waals surface area contributed by atoms with Crippen molar-refractivity contribution >= 4 is 5.52 Å². The molecule has 0 radical (unpaired) electrons. The zero-order chi connectivity index (χ0) is 28.1. The maximum atomic E-state index is 14.2. The number of nitrogens with zero attached hydrogens (tertiary/aromatic N) is 7. The molecule has 2 aliphatic rings. The van der Waals surface area contributed by atoms with Crippen molar-refractivity contribution in [2.24, 2.45) is 7.05 Å². The van der Waals surface area contributed by atoms with Crippen LogP contribution in [0.15, 0.2) is 47.8 Å². The van der Waals surface area contributed by atoms with Gasteiger partial charge < -0.3 is 9.30 Å². The van der Waals surface area contributed by atoms with Gasteiger partial charge in [-0.15, -0.1) is 10.2 Å². The van der Waals surface area contributed by atoms with Gasteiger partial charge in [-0.05, 0) is 61.3 Å². The van der Waals surface area contributed by atoms with Gasteiger partial charge in [-0.2, -0.15) is 18.4 Å². The number of likely N-dealkylation sites (tertiary alicyclic amines) is 1. The van der Waals surface area contributed by atoms with Crippen LogP contribution in [-0.4, -0.2) is 54.9 Å². The molecule has 0 atom stereocenters. The minimum absolute atomic E-state index is 0.232. The maximum Gasteiger partial charge on any atom is 0.418 e. The van der Waals surface area contributed by atoms with Crippen LogP contribution in [0.25, 0.3) is 11.2 Å². The van der Waals surface area contributed by atoms with Crippen molar-refractivity contribution < 1.29 is 17.9 Å². The fraction of sp³-hybridized carbons (Fsp3) is 0.429. The van der Waals surface area contributed by atoms with Crippen LogP contribution in [-0.2, 0) is 36.3 Å². The number of nitriles is 1. The molecule has 0 amide bonds. The third kappa shape index (κ3) is 4.69. The molecule has 0 spiro atoms. The SMILES string of the molecule is Cn1cnnc1CC1(c2cc(C#N)cc(-n3cc4c(C(F)(F)F)cc(CN5CCCCC5)cn4c3=O)c2)COC1. The van der Waals surface area contributed by atoms with Crippen LogP contribution >= 0.6 is 0 Å². The molecule has 0 aliphatic carbocycles. The Kier molecular flexibility index (Phi) is 6.51. The van der Waals surface area contributed by atoms with Gasteiger partial charge in [0.2, 0.25) is 0 Å². The molecule has 0 saturated carbocycles. The van der Waals surface area contributed by atoms with Crippen LogP contribution in [0.5, 0.6) is 0 Å². The second-order valence-electron chi connectivity index (χ2n) is 10.8. The highest BCUT2D eigenvalue weighted by atomic mass is 19.4. The summed E-state index contributed by atoms with van der Waals surface area (Å²) in [7, 11) is 1.84. The van der Waals surface area contributed by atoms with E-state index in [0.717, 1.165) is 54.2 Å². The van der Waals surface area contributed by atoms with Crippen molar-refractivity contribution in [1.82, 2.24) is 28.6 Å². The Morgan fingerprint density at radius 2 is 1.88 bits per heavy atom. The molecule has 2 fully saturated rings. The lowest BCUT2D eigenvalue weighted by Crippen LogP contribution is -2.49. The number of aryl methyl sites for hydroxylation is 1. The topological polar surface area (TPSA) is 93.4 Å². The highest BCUT2D eigenvalue weighted by Gasteiger charge is 2.42. The lowest BCUT2D eigenvalue weighted by atomic mass is 9.75. The second-order valence-corrected chi connectivity index (χ2v) is 10.8. The molecule has 0 unspecified atom stereocenters. The summed E-state index contributed by atoms with van der Waals surface area (Å²) in [6.07, 6.45) is 3.28. The Bertz CT molecular complexity index is 1670. The van der Waals surface area contributed by atoms with E-state index in [1.807, 2.05) is 7.05 Å². The molecule has 3 aromatic heterocycles. The van der Waals surface area contributed by atoms with E-state index < -0.39 is 22.8 Å². The summed E-state index contributed by atoms with van der Waals surface area (Å²) in [6, 6.07) is 8.28. The van der Waals surface area contributed by atoms with Crippen LogP contribution in [0.4, 0.5) is 13.2 Å². The summed E-state index contributed by atoms with van der Waals surface area (Å²) in [5.74, 6) is 0.732. The van der Waals surface area contributed by atoms with Crippen molar-refractivity contribution in [2.75, 3.05) is 26.3 Å². The molecule has 0 bridgehead atoms.